The highest BCUT2D eigenvalue weighted by molar-refractivity contribution is 6.05. The molecular weight excluding hydrogens is 473 g/mol. The molecule has 2 atom stereocenters. The van der Waals surface area contributed by atoms with E-state index < -0.39 is 18.1 Å². The normalized spacial score (nSPS) is 24.2. The maximum Gasteiger partial charge on any atom is 0.255 e. The topological polar surface area (TPSA) is 87.5 Å². The van der Waals surface area contributed by atoms with Gasteiger partial charge in [-0.3, -0.25) is 24.6 Å². The Morgan fingerprint density at radius 3 is 2.68 bits per heavy atom. The van der Waals surface area contributed by atoms with E-state index in [1.807, 2.05) is 18.2 Å². The van der Waals surface area contributed by atoms with Crippen LogP contribution in [0.2, 0.25) is 0 Å². The third kappa shape index (κ3) is 3.92. The maximum atomic E-state index is 13.9. The van der Waals surface area contributed by atoms with Crippen LogP contribution in [-0.2, 0) is 22.7 Å². The van der Waals surface area contributed by atoms with Crippen molar-refractivity contribution < 1.29 is 18.8 Å². The van der Waals surface area contributed by atoms with Gasteiger partial charge >= 0.3 is 0 Å². The SMILES string of the molecule is O=C1CCC(N2Cc3cc(-c4cc(CN5CCC(F)C5)c5ccn(C6CC6)c5n4)ccc3C2=O)C(=O)N1. The second-order valence-electron chi connectivity index (χ2n) is 10.8. The number of hydrogen-bond acceptors (Lipinski definition) is 5. The molecule has 3 amide bonds. The molecule has 2 unspecified atom stereocenters. The van der Waals surface area contributed by atoms with E-state index in [0.717, 1.165) is 52.8 Å². The maximum absolute atomic E-state index is 13.9. The number of nitrogens with zero attached hydrogens (tertiary/aromatic N) is 4. The molecule has 1 aliphatic carbocycles. The fourth-order valence-electron chi connectivity index (χ4n) is 6.03. The molecule has 2 saturated heterocycles. The molecule has 37 heavy (non-hydrogen) atoms. The minimum absolute atomic E-state index is 0.183. The molecule has 7 rings (SSSR count). The Kier molecular flexibility index (Phi) is 5.18. The first-order chi connectivity index (χ1) is 17.9. The number of amides is 3. The van der Waals surface area contributed by atoms with Gasteiger partial charge in [-0.2, -0.15) is 0 Å². The third-order valence-electron chi connectivity index (χ3n) is 8.14. The summed E-state index contributed by atoms with van der Waals surface area (Å²) >= 11 is 0. The van der Waals surface area contributed by atoms with Gasteiger partial charge in [-0.25, -0.2) is 9.37 Å². The van der Waals surface area contributed by atoms with E-state index in [1.165, 1.54) is 0 Å². The molecular formula is C28H28FN5O3. The van der Waals surface area contributed by atoms with Gasteiger partial charge in [0.25, 0.3) is 5.91 Å². The predicted molar refractivity (Wildman–Crippen MR) is 134 cm³/mol. The molecule has 190 valence electrons. The van der Waals surface area contributed by atoms with Crippen LogP contribution in [-0.4, -0.2) is 62.4 Å². The zero-order valence-corrected chi connectivity index (χ0v) is 20.5. The van der Waals surface area contributed by atoms with Crippen LogP contribution >= 0.6 is 0 Å². The van der Waals surface area contributed by atoms with Crippen molar-refractivity contribution in [1.82, 2.24) is 24.7 Å². The van der Waals surface area contributed by atoms with Gasteiger partial charge in [0.15, 0.2) is 0 Å². The molecule has 3 aliphatic heterocycles. The van der Waals surface area contributed by atoms with Crippen molar-refractivity contribution in [3.8, 4) is 11.3 Å². The van der Waals surface area contributed by atoms with Crippen LogP contribution in [0, 0.1) is 0 Å². The lowest BCUT2D eigenvalue weighted by Gasteiger charge is -2.29. The van der Waals surface area contributed by atoms with Gasteiger partial charge in [0.05, 0.1) is 5.69 Å². The van der Waals surface area contributed by atoms with Gasteiger partial charge in [0, 0.05) is 61.4 Å². The van der Waals surface area contributed by atoms with Gasteiger partial charge in [-0.15, -0.1) is 0 Å². The van der Waals surface area contributed by atoms with Crippen LogP contribution < -0.4 is 5.32 Å². The van der Waals surface area contributed by atoms with Gasteiger partial charge in [-0.1, -0.05) is 6.07 Å². The fraction of sp³-hybridized carbons (Fsp3) is 0.429. The average Bonchev–Trinajstić information content (AvgIpc) is 3.36. The van der Waals surface area contributed by atoms with Crippen LogP contribution in [0.15, 0.2) is 36.5 Å². The first-order valence-electron chi connectivity index (χ1n) is 13.1. The Morgan fingerprint density at radius 1 is 1.05 bits per heavy atom. The summed E-state index contributed by atoms with van der Waals surface area (Å²) in [5.41, 5.74) is 5.26. The molecule has 8 nitrogen and oxygen atoms in total. The first kappa shape index (κ1) is 22.6. The molecule has 3 fully saturated rings. The minimum Gasteiger partial charge on any atom is -0.329 e. The molecule has 9 heteroatoms. The highest BCUT2D eigenvalue weighted by Crippen LogP contribution is 2.39. The van der Waals surface area contributed by atoms with E-state index in [-0.39, 0.29) is 18.2 Å². The second kappa shape index (κ2) is 8.48. The van der Waals surface area contributed by atoms with Crippen molar-refractivity contribution in [2.45, 2.75) is 63.4 Å². The zero-order valence-electron chi connectivity index (χ0n) is 20.5. The summed E-state index contributed by atoms with van der Waals surface area (Å²) in [6.45, 7) is 2.21. The summed E-state index contributed by atoms with van der Waals surface area (Å²) in [6.07, 6.45) is 4.80. The Hall–Kier alpha value is -3.59. The molecule has 1 aromatic carbocycles. The van der Waals surface area contributed by atoms with E-state index in [1.54, 1.807) is 4.90 Å². The van der Waals surface area contributed by atoms with Crippen molar-refractivity contribution in [2.75, 3.05) is 13.1 Å². The number of piperidine rings is 1. The predicted octanol–water partition coefficient (Wildman–Crippen LogP) is 3.34. The number of hydrogen-bond donors (Lipinski definition) is 1. The standard InChI is InChI=1S/C28H28FN5O3/c29-19-7-9-32(15-19)13-18-12-23(30-26-21(18)8-10-33(26)20-2-3-20)16-1-4-22-17(11-16)14-34(28(22)37)24-5-6-25(35)31-27(24)36/h1,4,8,10-12,19-20,24H,2-3,5-7,9,13-15H2,(H,31,35,36). The number of fused-ring (bicyclic) bond motifs is 2. The molecule has 3 aromatic rings. The van der Waals surface area contributed by atoms with Gasteiger partial charge in [-0.05, 0) is 61.1 Å². The smallest absolute Gasteiger partial charge is 0.255 e. The summed E-state index contributed by atoms with van der Waals surface area (Å²) in [5, 5.41) is 3.46. The Bertz CT molecular complexity index is 1460. The number of halogens is 1. The largest absolute Gasteiger partial charge is 0.329 e. The average molecular weight is 502 g/mol. The van der Waals surface area contributed by atoms with Crippen molar-refractivity contribution in [3.63, 3.8) is 0 Å². The number of benzene rings is 1. The van der Waals surface area contributed by atoms with Gasteiger partial charge in [0.1, 0.15) is 17.9 Å². The Labute approximate surface area is 213 Å². The molecule has 1 saturated carbocycles. The monoisotopic (exact) mass is 501 g/mol. The quantitative estimate of drug-likeness (QED) is 0.542. The lowest BCUT2D eigenvalue weighted by atomic mass is 10.0. The van der Waals surface area contributed by atoms with Crippen LogP contribution in [0.25, 0.3) is 22.3 Å². The summed E-state index contributed by atoms with van der Waals surface area (Å²) < 4.78 is 16.1. The van der Waals surface area contributed by atoms with Crippen molar-refractivity contribution in [3.05, 3.63) is 53.2 Å². The summed E-state index contributed by atoms with van der Waals surface area (Å²) in [6, 6.07) is 9.80. The van der Waals surface area contributed by atoms with E-state index in [2.05, 4.69) is 33.1 Å². The van der Waals surface area contributed by atoms with Crippen LogP contribution in [0.3, 0.4) is 0 Å². The van der Waals surface area contributed by atoms with E-state index in [0.29, 0.717) is 44.1 Å². The lowest BCUT2D eigenvalue weighted by Crippen LogP contribution is -2.52. The van der Waals surface area contributed by atoms with Crippen LogP contribution in [0.5, 0.6) is 0 Å². The summed E-state index contributed by atoms with van der Waals surface area (Å²) in [5.74, 6) is -0.887. The van der Waals surface area contributed by atoms with Crippen molar-refractivity contribution in [2.24, 2.45) is 0 Å². The third-order valence-corrected chi connectivity index (χ3v) is 8.14. The van der Waals surface area contributed by atoms with Crippen LogP contribution in [0.1, 0.15) is 59.6 Å². The molecule has 0 radical (unpaired) electrons. The molecule has 5 heterocycles. The summed E-state index contributed by atoms with van der Waals surface area (Å²) in [7, 11) is 0. The zero-order chi connectivity index (χ0) is 25.3. The first-order valence-corrected chi connectivity index (χ1v) is 13.1. The van der Waals surface area contributed by atoms with Crippen molar-refractivity contribution in [1.29, 1.82) is 0 Å². The fourth-order valence-corrected chi connectivity index (χ4v) is 6.03. The number of rotatable bonds is 5. The van der Waals surface area contributed by atoms with Gasteiger partial charge < -0.3 is 9.47 Å². The van der Waals surface area contributed by atoms with E-state index in [4.69, 9.17) is 4.98 Å². The number of imide groups is 1. The Balaban J connectivity index is 1.24. The number of likely N-dealkylation sites (tertiary alicyclic amines) is 1. The van der Waals surface area contributed by atoms with E-state index >= 15 is 0 Å². The number of carbonyl (C=O) groups is 3. The summed E-state index contributed by atoms with van der Waals surface area (Å²) in [4.78, 5) is 45.9. The number of carbonyl (C=O) groups excluding carboxylic acids is 3. The molecule has 1 N–H and O–H groups in total. The highest BCUT2D eigenvalue weighted by Gasteiger charge is 2.39. The molecule has 0 spiro atoms. The second-order valence-corrected chi connectivity index (χ2v) is 10.8. The molecule has 0 bridgehead atoms. The van der Waals surface area contributed by atoms with Crippen molar-refractivity contribution >= 4 is 28.8 Å². The number of aromatic nitrogens is 2. The number of alkyl halides is 1. The highest BCUT2D eigenvalue weighted by atomic mass is 19.1. The lowest BCUT2D eigenvalue weighted by molar-refractivity contribution is -0.136. The number of nitrogens with one attached hydrogen (secondary N) is 1. The minimum atomic E-state index is -0.769. The molecule has 2 aromatic heterocycles. The molecule has 4 aliphatic rings. The number of pyridine rings is 1. The Morgan fingerprint density at radius 2 is 1.92 bits per heavy atom. The van der Waals surface area contributed by atoms with Crippen LogP contribution in [0.4, 0.5) is 4.39 Å². The van der Waals surface area contributed by atoms with Gasteiger partial charge in [0.2, 0.25) is 11.8 Å². The van der Waals surface area contributed by atoms with E-state index in [9.17, 15) is 18.8 Å².